The van der Waals surface area contributed by atoms with E-state index in [1.165, 1.54) is 11.3 Å². The lowest BCUT2D eigenvalue weighted by Crippen LogP contribution is -2.24. The minimum absolute atomic E-state index is 0.0713. The van der Waals surface area contributed by atoms with E-state index in [1.807, 2.05) is 19.0 Å². The molecule has 0 saturated heterocycles. The lowest BCUT2D eigenvalue weighted by molar-refractivity contribution is 0.581. The highest BCUT2D eigenvalue weighted by molar-refractivity contribution is 7.91. The zero-order chi connectivity index (χ0) is 13.9. The predicted octanol–water partition coefficient (Wildman–Crippen LogP) is 1.08. The summed E-state index contributed by atoms with van der Waals surface area (Å²) in [5, 5.41) is 1.72. The Morgan fingerprint density at radius 2 is 2.16 bits per heavy atom. The molecule has 2 rings (SSSR count). The van der Waals surface area contributed by atoms with Gasteiger partial charge in [0, 0.05) is 20.3 Å². The van der Waals surface area contributed by atoms with Crippen LogP contribution in [0.3, 0.4) is 0 Å². The molecule has 0 spiro atoms. The molecular formula is C11H14N4O2S2. The number of hydrogen-bond donors (Lipinski definition) is 1. The van der Waals surface area contributed by atoms with Crippen LogP contribution in [0.4, 0.5) is 5.82 Å². The van der Waals surface area contributed by atoms with E-state index in [0.717, 1.165) is 5.82 Å². The second-order valence-corrected chi connectivity index (χ2v) is 6.92. The normalized spacial score (nSPS) is 11.5. The van der Waals surface area contributed by atoms with Crippen LogP contribution in [0.25, 0.3) is 0 Å². The molecule has 1 N–H and O–H groups in total. The average molecular weight is 298 g/mol. The third-order valence-corrected chi connectivity index (χ3v) is 5.13. The van der Waals surface area contributed by atoms with Crippen molar-refractivity contribution < 1.29 is 8.42 Å². The molecule has 0 aliphatic heterocycles. The van der Waals surface area contributed by atoms with E-state index in [1.54, 1.807) is 29.8 Å². The smallest absolute Gasteiger partial charge is 0.250 e. The van der Waals surface area contributed by atoms with Crippen LogP contribution < -0.4 is 9.62 Å². The van der Waals surface area contributed by atoms with Crippen molar-refractivity contribution >= 4 is 27.2 Å². The largest absolute Gasteiger partial charge is 0.363 e. The zero-order valence-corrected chi connectivity index (χ0v) is 12.2. The van der Waals surface area contributed by atoms with Gasteiger partial charge in [0.25, 0.3) is 0 Å². The van der Waals surface area contributed by atoms with Crippen molar-refractivity contribution in [3.8, 4) is 0 Å². The molecule has 0 aliphatic rings. The summed E-state index contributed by atoms with van der Waals surface area (Å²) in [5.74, 6) is 1.17. The summed E-state index contributed by atoms with van der Waals surface area (Å²) in [7, 11) is 0.253. The standard InChI is InChI=1S/C11H14N4O2S2/c1-15(2)10-5-6-12-9(14-10)8-13-19(16,17)11-4-3-7-18-11/h3-7,13H,8H2,1-2H3. The molecule has 19 heavy (non-hydrogen) atoms. The van der Waals surface area contributed by atoms with Crippen LogP contribution in [0.2, 0.25) is 0 Å². The zero-order valence-electron chi connectivity index (χ0n) is 10.6. The predicted molar refractivity (Wildman–Crippen MR) is 74.7 cm³/mol. The van der Waals surface area contributed by atoms with Crippen LogP contribution in [0, 0.1) is 0 Å². The summed E-state index contributed by atoms with van der Waals surface area (Å²) in [5.41, 5.74) is 0. The quantitative estimate of drug-likeness (QED) is 0.894. The fraction of sp³-hybridized carbons (Fsp3) is 0.273. The van der Waals surface area contributed by atoms with Crippen LogP contribution >= 0.6 is 11.3 Å². The SMILES string of the molecule is CN(C)c1ccnc(CNS(=O)(=O)c2cccs2)n1. The van der Waals surface area contributed by atoms with Gasteiger partial charge >= 0.3 is 0 Å². The first-order valence-corrected chi connectivity index (χ1v) is 7.88. The molecule has 6 nitrogen and oxygen atoms in total. The van der Waals surface area contributed by atoms with Crippen molar-refractivity contribution in [3.63, 3.8) is 0 Å². The number of hydrogen-bond acceptors (Lipinski definition) is 6. The van der Waals surface area contributed by atoms with E-state index in [-0.39, 0.29) is 10.8 Å². The molecule has 0 unspecified atom stereocenters. The van der Waals surface area contributed by atoms with E-state index < -0.39 is 10.0 Å². The third kappa shape index (κ3) is 3.49. The van der Waals surface area contributed by atoms with Crippen molar-refractivity contribution in [2.24, 2.45) is 0 Å². The number of rotatable bonds is 5. The molecule has 0 fully saturated rings. The maximum absolute atomic E-state index is 11.9. The highest BCUT2D eigenvalue weighted by atomic mass is 32.2. The van der Waals surface area contributed by atoms with Gasteiger partial charge in [0.1, 0.15) is 15.9 Å². The van der Waals surface area contributed by atoms with E-state index in [4.69, 9.17) is 0 Å². The molecule has 0 atom stereocenters. The molecular weight excluding hydrogens is 284 g/mol. The van der Waals surface area contributed by atoms with Gasteiger partial charge in [-0.15, -0.1) is 11.3 Å². The van der Waals surface area contributed by atoms with Gasteiger partial charge in [-0.2, -0.15) is 0 Å². The van der Waals surface area contributed by atoms with Crippen molar-refractivity contribution in [2.75, 3.05) is 19.0 Å². The molecule has 0 saturated carbocycles. The van der Waals surface area contributed by atoms with Crippen molar-refractivity contribution in [2.45, 2.75) is 10.8 Å². The Bertz CT molecular complexity index is 638. The molecule has 102 valence electrons. The van der Waals surface area contributed by atoms with E-state index in [2.05, 4.69) is 14.7 Å². The maximum Gasteiger partial charge on any atom is 0.250 e. The Balaban J connectivity index is 2.09. The van der Waals surface area contributed by atoms with Crippen molar-refractivity contribution in [3.05, 3.63) is 35.6 Å². The fourth-order valence-corrected chi connectivity index (χ4v) is 3.39. The number of sulfonamides is 1. The topological polar surface area (TPSA) is 75.2 Å². The molecule has 0 aliphatic carbocycles. The Morgan fingerprint density at radius 3 is 2.79 bits per heavy atom. The van der Waals surface area contributed by atoms with Gasteiger partial charge in [-0.05, 0) is 17.5 Å². The molecule has 0 bridgehead atoms. The van der Waals surface area contributed by atoms with Crippen molar-refractivity contribution in [1.29, 1.82) is 0 Å². The van der Waals surface area contributed by atoms with Crippen LogP contribution in [0.1, 0.15) is 5.82 Å². The molecule has 2 aromatic heterocycles. The summed E-state index contributed by atoms with van der Waals surface area (Å²) < 4.78 is 26.6. The van der Waals surface area contributed by atoms with Gasteiger partial charge in [0.15, 0.2) is 0 Å². The lowest BCUT2D eigenvalue weighted by atomic mass is 10.5. The first-order valence-electron chi connectivity index (χ1n) is 5.51. The highest BCUT2D eigenvalue weighted by Crippen LogP contribution is 2.15. The highest BCUT2D eigenvalue weighted by Gasteiger charge is 2.15. The van der Waals surface area contributed by atoms with Crippen LogP contribution in [0.15, 0.2) is 34.0 Å². The Labute approximate surface area is 116 Å². The number of nitrogens with one attached hydrogen (secondary N) is 1. The maximum atomic E-state index is 11.9. The summed E-state index contributed by atoms with van der Waals surface area (Å²) in [6.45, 7) is 0.0713. The first-order chi connectivity index (χ1) is 8.99. The van der Waals surface area contributed by atoms with Crippen LogP contribution in [-0.4, -0.2) is 32.5 Å². The number of aromatic nitrogens is 2. The molecule has 0 aromatic carbocycles. The first kappa shape index (κ1) is 13.9. The van der Waals surface area contributed by atoms with E-state index in [0.29, 0.717) is 5.82 Å². The van der Waals surface area contributed by atoms with Crippen LogP contribution in [0.5, 0.6) is 0 Å². The van der Waals surface area contributed by atoms with Gasteiger partial charge in [-0.3, -0.25) is 0 Å². The van der Waals surface area contributed by atoms with Gasteiger partial charge in [-0.1, -0.05) is 6.07 Å². The Kier molecular flexibility index (Phi) is 4.13. The number of nitrogens with zero attached hydrogens (tertiary/aromatic N) is 3. The Morgan fingerprint density at radius 1 is 1.37 bits per heavy atom. The summed E-state index contributed by atoms with van der Waals surface area (Å²) in [6.07, 6.45) is 1.61. The molecule has 0 radical (unpaired) electrons. The number of anilines is 1. The van der Waals surface area contributed by atoms with Gasteiger partial charge in [-0.25, -0.2) is 23.1 Å². The molecule has 2 heterocycles. The van der Waals surface area contributed by atoms with Gasteiger partial charge < -0.3 is 4.90 Å². The second-order valence-electron chi connectivity index (χ2n) is 3.98. The van der Waals surface area contributed by atoms with E-state index >= 15 is 0 Å². The minimum Gasteiger partial charge on any atom is -0.363 e. The van der Waals surface area contributed by atoms with E-state index in [9.17, 15) is 8.42 Å². The number of thiophene rings is 1. The second kappa shape index (κ2) is 5.64. The molecule has 8 heteroatoms. The lowest BCUT2D eigenvalue weighted by Gasteiger charge is -2.11. The van der Waals surface area contributed by atoms with Gasteiger partial charge in [0.2, 0.25) is 10.0 Å². The van der Waals surface area contributed by atoms with Crippen LogP contribution in [-0.2, 0) is 16.6 Å². The summed E-state index contributed by atoms with van der Waals surface area (Å²) in [4.78, 5) is 10.1. The Hall–Kier alpha value is -1.51. The molecule has 0 amide bonds. The molecule has 2 aromatic rings. The van der Waals surface area contributed by atoms with Gasteiger partial charge in [0.05, 0.1) is 6.54 Å². The third-order valence-electron chi connectivity index (χ3n) is 2.33. The van der Waals surface area contributed by atoms with Crippen molar-refractivity contribution in [1.82, 2.24) is 14.7 Å². The monoisotopic (exact) mass is 298 g/mol. The minimum atomic E-state index is -3.47. The summed E-state index contributed by atoms with van der Waals surface area (Å²) >= 11 is 1.17. The average Bonchev–Trinajstić information content (AvgIpc) is 2.91. The fourth-order valence-electron chi connectivity index (χ4n) is 1.37. The summed E-state index contributed by atoms with van der Waals surface area (Å²) in [6, 6.07) is 5.02.